The van der Waals surface area contributed by atoms with Crippen LogP contribution in [0.2, 0.25) is 0 Å². The fourth-order valence-corrected chi connectivity index (χ4v) is 3.61. The molecule has 1 aromatic rings. The number of nitrogens with two attached hydrogens (primary N) is 1. The minimum absolute atomic E-state index is 0.142. The minimum atomic E-state index is -0.246. The van der Waals surface area contributed by atoms with Gasteiger partial charge in [0.05, 0.1) is 6.10 Å². The number of aliphatic hydroxyl groups is 1. The normalized spacial score (nSPS) is 21.9. The number of hydrogen-bond acceptors (Lipinski definition) is 3. The first kappa shape index (κ1) is 12.1. The zero-order valence-corrected chi connectivity index (χ0v) is 10.5. The van der Waals surface area contributed by atoms with Gasteiger partial charge in [0.15, 0.2) is 0 Å². The van der Waals surface area contributed by atoms with Crippen LogP contribution in [0.4, 0.5) is 0 Å². The third-order valence-corrected chi connectivity index (χ3v) is 4.71. The lowest BCUT2D eigenvalue weighted by atomic mass is 9.80. The van der Waals surface area contributed by atoms with E-state index in [1.165, 1.54) is 37.0 Å². The van der Waals surface area contributed by atoms with E-state index >= 15 is 0 Å². The van der Waals surface area contributed by atoms with Crippen LogP contribution in [-0.2, 0) is 0 Å². The topological polar surface area (TPSA) is 46.2 Å². The molecule has 0 aliphatic heterocycles. The van der Waals surface area contributed by atoms with Gasteiger partial charge in [-0.05, 0) is 30.2 Å². The molecule has 16 heavy (non-hydrogen) atoms. The summed E-state index contributed by atoms with van der Waals surface area (Å²) in [4.78, 5) is 1.24. The van der Waals surface area contributed by atoms with Crippen molar-refractivity contribution in [1.82, 2.24) is 0 Å². The average Bonchev–Trinajstić information content (AvgIpc) is 2.85. The lowest BCUT2D eigenvalue weighted by molar-refractivity contribution is 0.0633. The number of aliphatic hydroxyl groups excluding tert-OH is 1. The highest BCUT2D eigenvalue weighted by Gasteiger charge is 2.29. The largest absolute Gasteiger partial charge is 0.392 e. The van der Waals surface area contributed by atoms with Gasteiger partial charge in [-0.15, -0.1) is 11.3 Å². The van der Waals surface area contributed by atoms with Crippen molar-refractivity contribution in [3.8, 4) is 0 Å². The van der Waals surface area contributed by atoms with E-state index in [9.17, 15) is 5.11 Å². The summed E-state index contributed by atoms with van der Waals surface area (Å²) >= 11 is 1.71. The summed E-state index contributed by atoms with van der Waals surface area (Å²) in [6.07, 6.45) is 5.96. The Bertz CT molecular complexity index is 293. The molecule has 1 aromatic heterocycles. The van der Waals surface area contributed by atoms with Crippen LogP contribution in [0.15, 0.2) is 17.5 Å². The highest BCUT2D eigenvalue weighted by molar-refractivity contribution is 7.10. The summed E-state index contributed by atoms with van der Waals surface area (Å²) in [5.41, 5.74) is 5.82. The second-order valence-corrected chi connectivity index (χ2v) is 5.73. The molecule has 2 rings (SSSR count). The molecule has 1 aliphatic rings. The number of hydrogen-bond donors (Lipinski definition) is 2. The van der Waals surface area contributed by atoms with Crippen molar-refractivity contribution in [3.63, 3.8) is 0 Å². The van der Waals surface area contributed by atoms with Crippen molar-refractivity contribution >= 4 is 11.3 Å². The third-order valence-electron chi connectivity index (χ3n) is 3.71. The lowest BCUT2D eigenvalue weighted by Crippen LogP contribution is -2.33. The summed E-state index contributed by atoms with van der Waals surface area (Å²) in [5.74, 6) is 0.604. The molecule has 1 heterocycles. The predicted molar refractivity (Wildman–Crippen MR) is 68.7 cm³/mol. The molecular weight excluding hydrogens is 218 g/mol. The highest BCUT2D eigenvalue weighted by Crippen LogP contribution is 2.34. The predicted octanol–water partition coefficient (Wildman–Crippen LogP) is 2.73. The van der Waals surface area contributed by atoms with E-state index < -0.39 is 0 Å². The molecule has 2 atom stereocenters. The minimum Gasteiger partial charge on any atom is -0.392 e. The quantitative estimate of drug-likeness (QED) is 0.848. The molecule has 0 saturated heterocycles. The summed E-state index contributed by atoms with van der Waals surface area (Å²) in [7, 11) is 0. The van der Waals surface area contributed by atoms with Crippen LogP contribution < -0.4 is 5.73 Å². The fourth-order valence-electron chi connectivity index (χ4n) is 2.73. The van der Waals surface area contributed by atoms with E-state index in [1.807, 2.05) is 6.07 Å². The Labute approximate surface area is 101 Å². The van der Waals surface area contributed by atoms with Crippen LogP contribution >= 0.6 is 11.3 Å². The summed E-state index contributed by atoms with van der Waals surface area (Å²) in [6, 6.07) is 4.13. The zero-order valence-electron chi connectivity index (χ0n) is 9.64. The molecule has 0 amide bonds. The van der Waals surface area contributed by atoms with E-state index in [2.05, 4.69) is 11.4 Å². The highest BCUT2D eigenvalue weighted by atomic mass is 32.1. The smallest absolute Gasteiger partial charge is 0.0656 e. The molecule has 1 saturated carbocycles. The van der Waals surface area contributed by atoms with Crippen molar-refractivity contribution in [2.24, 2.45) is 11.7 Å². The number of thiophene rings is 1. The number of rotatable bonds is 4. The molecule has 90 valence electrons. The maximum absolute atomic E-state index is 10.4. The molecule has 0 bridgehead atoms. The van der Waals surface area contributed by atoms with Crippen LogP contribution in [0, 0.1) is 5.92 Å². The average molecular weight is 239 g/mol. The third kappa shape index (κ3) is 2.65. The van der Waals surface area contributed by atoms with Crippen LogP contribution in [0.25, 0.3) is 0 Å². The molecule has 2 nitrogen and oxygen atoms in total. The van der Waals surface area contributed by atoms with Gasteiger partial charge in [0.2, 0.25) is 0 Å². The van der Waals surface area contributed by atoms with E-state index in [0.29, 0.717) is 12.5 Å². The van der Waals surface area contributed by atoms with Crippen molar-refractivity contribution < 1.29 is 5.11 Å². The van der Waals surface area contributed by atoms with E-state index in [1.54, 1.807) is 11.3 Å². The van der Waals surface area contributed by atoms with E-state index in [4.69, 9.17) is 5.73 Å². The van der Waals surface area contributed by atoms with Crippen molar-refractivity contribution in [3.05, 3.63) is 22.4 Å². The van der Waals surface area contributed by atoms with Gasteiger partial charge in [-0.3, -0.25) is 0 Å². The van der Waals surface area contributed by atoms with Gasteiger partial charge < -0.3 is 10.8 Å². The lowest BCUT2D eigenvalue weighted by Gasteiger charge is -2.31. The first-order chi connectivity index (χ1) is 7.83. The van der Waals surface area contributed by atoms with Gasteiger partial charge >= 0.3 is 0 Å². The zero-order chi connectivity index (χ0) is 11.4. The second kappa shape index (κ2) is 5.80. The monoisotopic (exact) mass is 239 g/mol. The van der Waals surface area contributed by atoms with Crippen molar-refractivity contribution in [2.45, 2.75) is 44.1 Å². The van der Waals surface area contributed by atoms with Crippen LogP contribution in [-0.4, -0.2) is 17.8 Å². The fraction of sp³-hybridized carbons (Fsp3) is 0.692. The van der Waals surface area contributed by atoms with Gasteiger partial charge in [-0.2, -0.15) is 0 Å². The molecule has 0 spiro atoms. The first-order valence-corrected chi connectivity index (χ1v) is 7.12. The Hall–Kier alpha value is -0.380. The molecular formula is C13H21NOS. The van der Waals surface area contributed by atoms with Crippen LogP contribution in [0.3, 0.4) is 0 Å². The SMILES string of the molecule is NCC(c1cccs1)C(O)C1CCCCC1. The Kier molecular flexibility index (Phi) is 4.38. The molecule has 0 aromatic carbocycles. The molecule has 1 fully saturated rings. The molecule has 2 unspecified atom stereocenters. The maximum Gasteiger partial charge on any atom is 0.0656 e. The Morgan fingerprint density at radius 1 is 1.38 bits per heavy atom. The Morgan fingerprint density at radius 2 is 2.12 bits per heavy atom. The van der Waals surface area contributed by atoms with Gasteiger partial charge in [-0.1, -0.05) is 25.3 Å². The Morgan fingerprint density at radius 3 is 2.69 bits per heavy atom. The molecule has 0 radical (unpaired) electrons. The van der Waals surface area contributed by atoms with E-state index in [0.717, 1.165) is 0 Å². The van der Waals surface area contributed by atoms with Gasteiger partial charge in [0.1, 0.15) is 0 Å². The summed E-state index contributed by atoms with van der Waals surface area (Å²) < 4.78 is 0. The second-order valence-electron chi connectivity index (χ2n) is 4.75. The van der Waals surface area contributed by atoms with Crippen LogP contribution in [0.1, 0.15) is 42.9 Å². The van der Waals surface area contributed by atoms with Crippen molar-refractivity contribution in [1.29, 1.82) is 0 Å². The summed E-state index contributed by atoms with van der Waals surface area (Å²) in [5, 5.41) is 12.5. The molecule has 3 N–H and O–H groups in total. The maximum atomic E-state index is 10.4. The van der Waals surface area contributed by atoms with E-state index in [-0.39, 0.29) is 12.0 Å². The van der Waals surface area contributed by atoms with Gasteiger partial charge in [0, 0.05) is 17.3 Å². The molecule has 3 heteroatoms. The van der Waals surface area contributed by atoms with Crippen molar-refractivity contribution in [2.75, 3.05) is 6.54 Å². The Balaban J connectivity index is 2.02. The first-order valence-electron chi connectivity index (χ1n) is 6.24. The standard InChI is InChI=1S/C13H21NOS/c14-9-11(12-7-4-8-16-12)13(15)10-5-2-1-3-6-10/h4,7-8,10-11,13,15H,1-3,5-6,9,14H2. The summed E-state index contributed by atoms with van der Waals surface area (Å²) in [6.45, 7) is 0.554. The van der Waals surface area contributed by atoms with Gasteiger partial charge in [-0.25, -0.2) is 0 Å². The van der Waals surface area contributed by atoms with Gasteiger partial charge in [0.25, 0.3) is 0 Å². The molecule has 1 aliphatic carbocycles. The van der Waals surface area contributed by atoms with Crippen LogP contribution in [0.5, 0.6) is 0 Å².